The summed E-state index contributed by atoms with van der Waals surface area (Å²) in [6, 6.07) is 7.49. The van der Waals surface area contributed by atoms with E-state index in [4.69, 9.17) is 5.26 Å². The molecular weight excluding hydrogens is 294 g/mol. The first-order valence-electron chi connectivity index (χ1n) is 5.76. The average molecular weight is 310 g/mol. The lowest BCUT2D eigenvalue weighted by molar-refractivity contribution is -0.116. The molecule has 0 fully saturated rings. The largest absolute Gasteiger partial charge is 0.325 e. The fourth-order valence-corrected chi connectivity index (χ4v) is 1.85. The Morgan fingerprint density at radius 3 is 2.78 bits per heavy atom. The van der Waals surface area contributed by atoms with Crippen LogP contribution in [0.3, 0.4) is 0 Å². The zero-order chi connectivity index (χ0) is 13.5. The smallest absolute Gasteiger partial charge is 0.225 e. The van der Waals surface area contributed by atoms with Crippen molar-refractivity contribution in [1.29, 1.82) is 5.26 Å². The lowest BCUT2D eigenvalue weighted by Gasteiger charge is -2.09. The van der Waals surface area contributed by atoms with Crippen molar-refractivity contribution in [3.8, 4) is 6.07 Å². The molecule has 0 unspecified atom stereocenters. The van der Waals surface area contributed by atoms with E-state index < -0.39 is 0 Å². The summed E-state index contributed by atoms with van der Waals surface area (Å²) in [5.74, 6) is -0.0476. The van der Waals surface area contributed by atoms with Gasteiger partial charge in [0.2, 0.25) is 5.91 Å². The molecule has 0 saturated heterocycles. The highest BCUT2D eigenvalue weighted by molar-refractivity contribution is 9.10. The lowest BCUT2D eigenvalue weighted by atomic mass is 10.2. The Bertz CT molecular complexity index is 466. The molecule has 1 rings (SSSR count). The topological polar surface area (TPSA) is 64.9 Å². The maximum Gasteiger partial charge on any atom is 0.225 e. The van der Waals surface area contributed by atoms with Gasteiger partial charge in [-0.3, -0.25) is 4.79 Å². The summed E-state index contributed by atoms with van der Waals surface area (Å²) in [5.41, 5.74) is 1.24. The van der Waals surface area contributed by atoms with Crippen LogP contribution in [0.4, 0.5) is 5.69 Å². The van der Waals surface area contributed by atoms with E-state index in [1.807, 2.05) is 19.9 Å². The molecule has 5 heteroatoms. The van der Waals surface area contributed by atoms with Crippen molar-refractivity contribution in [2.24, 2.45) is 0 Å². The summed E-state index contributed by atoms with van der Waals surface area (Å²) in [5, 5.41) is 14.7. The Morgan fingerprint density at radius 2 is 2.22 bits per heavy atom. The van der Waals surface area contributed by atoms with Crippen LogP contribution < -0.4 is 10.6 Å². The standard InChI is InChI=1S/C13H16BrN3O/c1-9(2)16-6-5-13(18)17-12-4-3-10(8-15)7-11(12)14/h3-4,7,9,16H,5-6H2,1-2H3,(H,17,18). The van der Waals surface area contributed by atoms with Gasteiger partial charge < -0.3 is 10.6 Å². The number of anilines is 1. The first kappa shape index (κ1) is 14.7. The zero-order valence-corrected chi connectivity index (χ0v) is 12.0. The molecule has 0 aromatic heterocycles. The number of nitrogens with zero attached hydrogens (tertiary/aromatic N) is 1. The van der Waals surface area contributed by atoms with Gasteiger partial charge >= 0.3 is 0 Å². The number of rotatable bonds is 5. The fourth-order valence-electron chi connectivity index (χ4n) is 1.37. The van der Waals surface area contributed by atoms with Crippen LogP contribution in [0.15, 0.2) is 22.7 Å². The second-order valence-corrected chi connectivity index (χ2v) is 5.07. The molecule has 0 aliphatic heterocycles. The maximum atomic E-state index is 11.7. The van der Waals surface area contributed by atoms with Gasteiger partial charge in [0.25, 0.3) is 0 Å². The number of amides is 1. The first-order chi connectivity index (χ1) is 8.52. The minimum Gasteiger partial charge on any atom is -0.325 e. The van der Waals surface area contributed by atoms with Crippen LogP contribution >= 0.6 is 15.9 Å². The highest BCUT2D eigenvalue weighted by Crippen LogP contribution is 2.23. The van der Waals surface area contributed by atoms with Crippen LogP contribution in [0.5, 0.6) is 0 Å². The van der Waals surface area contributed by atoms with Crippen molar-refractivity contribution >= 4 is 27.5 Å². The van der Waals surface area contributed by atoms with Crippen LogP contribution in [0.2, 0.25) is 0 Å². The Labute approximate surface area is 116 Å². The van der Waals surface area contributed by atoms with Crippen molar-refractivity contribution in [2.45, 2.75) is 26.3 Å². The molecule has 0 atom stereocenters. The number of hydrogen-bond donors (Lipinski definition) is 2. The van der Waals surface area contributed by atoms with E-state index >= 15 is 0 Å². The van der Waals surface area contributed by atoms with E-state index in [-0.39, 0.29) is 5.91 Å². The van der Waals surface area contributed by atoms with Gasteiger partial charge in [-0.2, -0.15) is 5.26 Å². The third-order valence-electron chi connectivity index (χ3n) is 2.28. The third kappa shape index (κ3) is 4.86. The highest BCUT2D eigenvalue weighted by Gasteiger charge is 2.06. The summed E-state index contributed by atoms with van der Waals surface area (Å²) in [6.45, 7) is 4.72. The molecule has 96 valence electrons. The second kappa shape index (κ2) is 7.14. The molecule has 18 heavy (non-hydrogen) atoms. The van der Waals surface area contributed by atoms with Crippen molar-refractivity contribution in [2.75, 3.05) is 11.9 Å². The number of nitriles is 1. The third-order valence-corrected chi connectivity index (χ3v) is 2.93. The number of nitrogens with one attached hydrogen (secondary N) is 2. The molecule has 0 heterocycles. The first-order valence-corrected chi connectivity index (χ1v) is 6.55. The van der Waals surface area contributed by atoms with Crippen LogP contribution in [0.25, 0.3) is 0 Å². The lowest BCUT2D eigenvalue weighted by Crippen LogP contribution is -2.27. The Hall–Kier alpha value is -1.38. The van der Waals surface area contributed by atoms with Gasteiger partial charge in [-0.1, -0.05) is 13.8 Å². The highest BCUT2D eigenvalue weighted by atomic mass is 79.9. The van der Waals surface area contributed by atoms with Gasteiger partial charge in [0.05, 0.1) is 17.3 Å². The van der Waals surface area contributed by atoms with Crippen molar-refractivity contribution in [3.63, 3.8) is 0 Å². The molecular formula is C13H16BrN3O. The minimum absolute atomic E-state index is 0.0476. The summed E-state index contributed by atoms with van der Waals surface area (Å²) < 4.78 is 0.715. The number of carbonyl (C=O) groups excluding carboxylic acids is 1. The van der Waals surface area contributed by atoms with E-state index in [2.05, 4.69) is 26.6 Å². The van der Waals surface area contributed by atoms with E-state index in [0.29, 0.717) is 34.7 Å². The summed E-state index contributed by atoms with van der Waals surface area (Å²) in [4.78, 5) is 11.7. The molecule has 0 aliphatic rings. The van der Waals surface area contributed by atoms with Gasteiger partial charge in [0, 0.05) is 23.5 Å². The average Bonchev–Trinajstić information content (AvgIpc) is 2.31. The fraction of sp³-hybridized carbons (Fsp3) is 0.385. The van der Waals surface area contributed by atoms with E-state index in [1.54, 1.807) is 18.2 Å². The molecule has 0 radical (unpaired) electrons. The Kier molecular flexibility index (Phi) is 5.83. The summed E-state index contributed by atoms with van der Waals surface area (Å²) >= 11 is 3.33. The second-order valence-electron chi connectivity index (χ2n) is 4.21. The Morgan fingerprint density at radius 1 is 1.50 bits per heavy atom. The SMILES string of the molecule is CC(C)NCCC(=O)Nc1ccc(C#N)cc1Br. The van der Waals surface area contributed by atoms with Gasteiger partial charge in [-0.15, -0.1) is 0 Å². The minimum atomic E-state index is -0.0476. The Balaban J connectivity index is 2.52. The molecule has 1 amide bonds. The number of halogens is 1. The molecule has 2 N–H and O–H groups in total. The monoisotopic (exact) mass is 309 g/mol. The molecule has 1 aromatic carbocycles. The summed E-state index contributed by atoms with van der Waals surface area (Å²) in [6.07, 6.45) is 0.421. The molecule has 4 nitrogen and oxygen atoms in total. The predicted octanol–water partition coefficient (Wildman–Crippen LogP) is 2.65. The molecule has 1 aromatic rings. The van der Waals surface area contributed by atoms with Crippen LogP contribution in [0, 0.1) is 11.3 Å². The summed E-state index contributed by atoms with van der Waals surface area (Å²) in [7, 11) is 0. The maximum absolute atomic E-state index is 11.7. The molecule has 0 aliphatic carbocycles. The van der Waals surface area contributed by atoms with Crippen molar-refractivity contribution in [3.05, 3.63) is 28.2 Å². The predicted molar refractivity (Wildman–Crippen MR) is 75.2 cm³/mol. The van der Waals surface area contributed by atoms with E-state index in [9.17, 15) is 4.79 Å². The van der Waals surface area contributed by atoms with E-state index in [0.717, 1.165) is 0 Å². The van der Waals surface area contributed by atoms with Crippen molar-refractivity contribution < 1.29 is 4.79 Å². The molecule has 0 bridgehead atoms. The van der Waals surface area contributed by atoms with Crippen LogP contribution in [0.1, 0.15) is 25.8 Å². The van der Waals surface area contributed by atoms with Gasteiger partial charge in [0.1, 0.15) is 0 Å². The zero-order valence-electron chi connectivity index (χ0n) is 10.5. The van der Waals surface area contributed by atoms with Crippen LogP contribution in [-0.4, -0.2) is 18.5 Å². The normalized spacial score (nSPS) is 10.2. The van der Waals surface area contributed by atoms with Gasteiger partial charge in [-0.05, 0) is 34.1 Å². The number of carbonyl (C=O) groups is 1. The van der Waals surface area contributed by atoms with E-state index in [1.165, 1.54) is 0 Å². The van der Waals surface area contributed by atoms with Crippen LogP contribution in [-0.2, 0) is 4.79 Å². The van der Waals surface area contributed by atoms with Gasteiger partial charge in [-0.25, -0.2) is 0 Å². The molecule has 0 spiro atoms. The molecule has 0 saturated carbocycles. The quantitative estimate of drug-likeness (QED) is 0.879. The van der Waals surface area contributed by atoms with Crippen molar-refractivity contribution in [1.82, 2.24) is 5.32 Å². The number of hydrogen-bond acceptors (Lipinski definition) is 3. The number of benzene rings is 1. The van der Waals surface area contributed by atoms with Gasteiger partial charge in [0.15, 0.2) is 0 Å².